The fourth-order valence-corrected chi connectivity index (χ4v) is 3.70. The van der Waals surface area contributed by atoms with Gasteiger partial charge in [0, 0.05) is 13.0 Å². The zero-order chi connectivity index (χ0) is 34.1. The van der Waals surface area contributed by atoms with Gasteiger partial charge in [0.15, 0.2) is 0 Å². The van der Waals surface area contributed by atoms with Gasteiger partial charge in [0.2, 0.25) is 5.91 Å². The van der Waals surface area contributed by atoms with Crippen LogP contribution in [0.5, 0.6) is 0 Å². The maximum Gasteiger partial charge on any atom is 1.00 e. The third kappa shape index (κ3) is 45.5. The summed E-state index contributed by atoms with van der Waals surface area (Å²) in [6.07, 6.45) is 9.05. The number of rotatable bonds is 41. The van der Waals surface area contributed by atoms with Gasteiger partial charge in [0.25, 0.3) is 0 Å². The second-order valence-corrected chi connectivity index (χ2v) is 10.2. The zero-order valence-corrected chi connectivity index (χ0v) is 31.7. The number of ether oxygens (including phenoxy) is 9. The number of carbonyl (C=O) groups is 2. The molecule has 0 aliphatic carbocycles. The van der Waals surface area contributed by atoms with E-state index in [0.29, 0.717) is 125 Å². The molecular formula is C32H62NNaO14. The number of nitrogens with one attached hydrogen (secondary N) is 1. The smallest absolute Gasteiger partial charge is 0.547 e. The molecule has 280 valence electrons. The van der Waals surface area contributed by atoms with Gasteiger partial charge in [-0.1, -0.05) is 45.4 Å². The minimum Gasteiger partial charge on any atom is -0.547 e. The summed E-state index contributed by atoms with van der Waals surface area (Å²) in [4.78, 5) is 30.8. The Hall–Kier alpha value is -0.500. The molecule has 1 amide bonds. The molecule has 0 aromatic carbocycles. The third-order valence-electron chi connectivity index (χ3n) is 6.12. The van der Waals surface area contributed by atoms with E-state index in [2.05, 4.69) is 22.0 Å². The van der Waals surface area contributed by atoms with Crippen molar-refractivity contribution >= 4 is 11.9 Å². The van der Waals surface area contributed by atoms with Crippen LogP contribution in [0.15, 0.2) is 0 Å². The first kappa shape index (κ1) is 49.6. The fourth-order valence-electron chi connectivity index (χ4n) is 3.70. The second-order valence-electron chi connectivity index (χ2n) is 10.2. The molecule has 0 saturated heterocycles. The number of hydrogen-bond donors (Lipinski definition) is 1. The predicted octanol–water partition coefficient (Wildman–Crippen LogP) is -1.91. The van der Waals surface area contributed by atoms with Crippen LogP contribution < -0.4 is 40.0 Å². The number of carboxylic acids is 1. The fraction of sp³-hybridized carbons (Fsp3) is 0.938. The molecule has 0 rings (SSSR count). The molecule has 0 saturated carbocycles. The summed E-state index contributed by atoms with van der Waals surface area (Å²) < 4.78 is 48.8. The topological polar surface area (TPSA) is 171 Å². The van der Waals surface area contributed by atoms with E-state index < -0.39 is 12.6 Å². The summed E-state index contributed by atoms with van der Waals surface area (Å²) in [5.41, 5.74) is 0. The van der Waals surface area contributed by atoms with Crippen LogP contribution >= 0.6 is 0 Å². The average molecular weight is 708 g/mol. The third-order valence-corrected chi connectivity index (χ3v) is 6.12. The van der Waals surface area contributed by atoms with Crippen molar-refractivity contribution in [3.63, 3.8) is 0 Å². The summed E-state index contributed by atoms with van der Waals surface area (Å²) in [7, 11) is 0. The van der Waals surface area contributed by atoms with Crippen LogP contribution in [-0.4, -0.2) is 151 Å². The first-order valence-electron chi connectivity index (χ1n) is 17.1. The van der Waals surface area contributed by atoms with Crippen LogP contribution in [0.1, 0.15) is 58.3 Å². The Bertz CT molecular complexity index is 654. The number of carboxylic acid groups (broad SMARTS) is 1. The Morgan fingerprint density at radius 1 is 0.458 bits per heavy atom. The van der Waals surface area contributed by atoms with Crippen molar-refractivity contribution in [2.75, 3.05) is 139 Å². The minimum atomic E-state index is -1.35. The Morgan fingerprint density at radius 2 is 0.792 bits per heavy atom. The van der Waals surface area contributed by atoms with Crippen molar-refractivity contribution in [1.82, 2.24) is 5.32 Å². The number of hydrogen-bond acceptors (Lipinski definition) is 14. The summed E-state index contributed by atoms with van der Waals surface area (Å²) in [5.74, 6) is -1.25. The van der Waals surface area contributed by atoms with E-state index in [1.807, 2.05) is 0 Å². The first-order chi connectivity index (χ1) is 23.2. The van der Waals surface area contributed by atoms with E-state index in [0.717, 1.165) is 12.8 Å². The molecule has 0 unspecified atom stereocenters. The van der Waals surface area contributed by atoms with Gasteiger partial charge in [-0.25, -0.2) is 9.78 Å². The SMILES string of the molecule is CCCCCCCCCC(=O)NCCOCCOCCOCCOCCOCCOCCOCCOCCOCCOOCC(=O)[O-].[Na+]. The summed E-state index contributed by atoms with van der Waals surface area (Å²) >= 11 is 0. The van der Waals surface area contributed by atoms with Crippen LogP contribution in [0.4, 0.5) is 0 Å². The normalized spacial score (nSPS) is 11.1. The van der Waals surface area contributed by atoms with E-state index in [4.69, 9.17) is 42.6 Å². The van der Waals surface area contributed by atoms with Gasteiger partial charge in [-0.15, -0.1) is 0 Å². The van der Waals surface area contributed by atoms with Gasteiger partial charge in [-0.05, 0) is 6.42 Å². The van der Waals surface area contributed by atoms with Crippen LogP contribution in [0.3, 0.4) is 0 Å². The minimum absolute atomic E-state index is 0. The Kier molecular flexibility index (Phi) is 46.0. The molecule has 48 heavy (non-hydrogen) atoms. The molecule has 0 aliphatic heterocycles. The van der Waals surface area contributed by atoms with Gasteiger partial charge in [-0.3, -0.25) is 4.79 Å². The number of carbonyl (C=O) groups excluding carboxylic acids is 2. The maximum atomic E-state index is 11.8. The molecule has 0 heterocycles. The number of aliphatic carboxylic acids is 1. The Labute approximate surface area is 309 Å². The first-order valence-corrected chi connectivity index (χ1v) is 17.1. The molecule has 1 N–H and O–H groups in total. The maximum absolute atomic E-state index is 11.8. The van der Waals surface area contributed by atoms with Crippen molar-refractivity contribution in [3.05, 3.63) is 0 Å². The van der Waals surface area contributed by atoms with Gasteiger partial charge < -0.3 is 57.8 Å². The van der Waals surface area contributed by atoms with Crippen LogP contribution in [-0.2, 0) is 62.0 Å². The van der Waals surface area contributed by atoms with Crippen molar-refractivity contribution in [2.45, 2.75) is 58.3 Å². The quantitative estimate of drug-likeness (QED) is 0.0323. The summed E-state index contributed by atoms with van der Waals surface area (Å²) in [5, 5.41) is 13.0. The van der Waals surface area contributed by atoms with E-state index in [-0.39, 0.29) is 48.7 Å². The molecule has 0 aliphatic rings. The van der Waals surface area contributed by atoms with Gasteiger partial charge >= 0.3 is 29.6 Å². The predicted molar refractivity (Wildman–Crippen MR) is 170 cm³/mol. The van der Waals surface area contributed by atoms with Crippen LogP contribution in [0.2, 0.25) is 0 Å². The molecule has 0 atom stereocenters. The van der Waals surface area contributed by atoms with E-state index in [1.54, 1.807) is 0 Å². The van der Waals surface area contributed by atoms with Gasteiger partial charge in [0.1, 0.15) is 13.2 Å². The van der Waals surface area contributed by atoms with Gasteiger partial charge in [0.05, 0.1) is 125 Å². The zero-order valence-electron chi connectivity index (χ0n) is 29.7. The molecular weight excluding hydrogens is 645 g/mol. The number of amides is 1. The summed E-state index contributed by atoms with van der Waals surface area (Å²) in [6.45, 7) is 10.4. The molecule has 0 radical (unpaired) electrons. The van der Waals surface area contributed by atoms with Gasteiger partial charge in [-0.2, -0.15) is 0 Å². The van der Waals surface area contributed by atoms with E-state index in [1.165, 1.54) is 32.1 Å². The largest absolute Gasteiger partial charge is 1.00 e. The van der Waals surface area contributed by atoms with Crippen molar-refractivity contribution in [3.8, 4) is 0 Å². The summed E-state index contributed by atoms with van der Waals surface area (Å²) in [6, 6.07) is 0. The Balaban J connectivity index is 0. The second kappa shape index (κ2) is 44.5. The number of unbranched alkanes of at least 4 members (excludes halogenated alkanes) is 6. The molecule has 0 bridgehead atoms. The van der Waals surface area contributed by atoms with Crippen molar-refractivity contribution < 1.29 is 96.7 Å². The van der Waals surface area contributed by atoms with Crippen LogP contribution in [0, 0.1) is 0 Å². The molecule has 0 fully saturated rings. The van der Waals surface area contributed by atoms with Crippen molar-refractivity contribution in [1.29, 1.82) is 0 Å². The van der Waals surface area contributed by atoms with E-state index in [9.17, 15) is 14.7 Å². The molecule has 15 nitrogen and oxygen atoms in total. The molecule has 16 heteroatoms. The molecule has 0 aromatic rings. The Morgan fingerprint density at radius 3 is 1.17 bits per heavy atom. The monoisotopic (exact) mass is 707 g/mol. The molecule has 0 spiro atoms. The standard InChI is InChI=1S/C32H63NO14.Na/c1-2-3-4-5-6-7-8-9-31(34)33-10-11-37-12-13-38-14-15-39-16-17-40-18-19-41-20-21-42-22-23-43-24-25-44-26-27-45-28-29-46-47-30-32(35)36;/h2-30H2,1H3,(H,33,34)(H,35,36);/q;+1/p-1. The van der Waals surface area contributed by atoms with Crippen molar-refractivity contribution in [2.24, 2.45) is 0 Å². The van der Waals surface area contributed by atoms with E-state index >= 15 is 0 Å². The van der Waals surface area contributed by atoms with Crippen LogP contribution in [0.25, 0.3) is 0 Å². The molecule has 0 aromatic heterocycles. The average Bonchev–Trinajstić information content (AvgIpc) is 3.06.